The Morgan fingerprint density at radius 3 is 2.10 bits per heavy atom. The molecule has 1 atom stereocenters. The van der Waals surface area contributed by atoms with Crippen LogP contribution in [-0.4, -0.2) is 6.23 Å². The molecule has 0 spiro atoms. The first-order valence-electron chi connectivity index (χ1n) is 5.31. The highest BCUT2D eigenvalue weighted by Gasteiger charge is 2.33. The zero-order chi connectivity index (χ0) is 15.1. The van der Waals surface area contributed by atoms with Gasteiger partial charge in [0.05, 0.1) is 20.6 Å². The first-order valence-corrected chi connectivity index (χ1v) is 6.44. The third-order valence-electron chi connectivity index (χ3n) is 2.54. The summed E-state index contributed by atoms with van der Waals surface area (Å²) in [6.45, 7) is 1.70. The van der Waals surface area contributed by atoms with E-state index < -0.39 is 18.0 Å². The highest BCUT2D eigenvalue weighted by molar-refractivity contribution is 6.37. The molecular formula is C11H8Cl3F3N2O. The van der Waals surface area contributed by atoms with Gasteiger partial charge in [-0.3, -0.25) is 0 Å². The van der Waals surface area contributed by atoms with E-state index in [4.69, 9.17) is 39.5 Å². The van der Waals surface area contributed by atoms with E-state index in [0.717, 1.165) is 12.1 Å². The standard InChI is InChI=1S/C11H8Cl3F3N2O/c1-4-8(14)10(19-18-4)20-9-6(12)2-5(3-7(9)13)11(15,16)17/h2-3,10,18-19H,1H3. The SMILES string of the molecule is CC1=C(Cl)C(Oc2c(Cl)cc(C(F)(F)F)cc2Cl)NN1. The summed E-state index contributed by atoms with van der Waals surface area (Å²) in [5, 5.41) is -0.168. The number of rotatable bonds is 2. The number of hydrogen-bond acceptors (Lipinski definition) is 3. The second-order valence-electron chi connectivity index (χ2n) is 4.01. The van der Waals surface area contributed by atoms with Crippen LogP contribution in [0.5, 0.6) is 5.75 Å². The lowest BCUT2D eigenvalue weighted by molar-refractivity contribution is -0.137. The Balaban J connectivity index is 2.30. The van der Waals surface area contributed by atoms with E-state index in [9.17, 15) is 13.2 Å². The highest BCUT2D eigenvalue weighted by atomic mass is 35.5. The molecule has 1 unspecified atom stereocenters. The van der Waals surface area contributed by atoms with Crippen LogP contribution in [0.3, 0.4) is 0 Å². The molecule has 9 heteroatoms. The van der Waals surface area contributed by atoms with Crippen molar-refractivity contribution in [1.82, 2.24) is 10.9 Å². The van der Waals surface area contributed by atoms with Crippen LogP contribution in [0, 0.1) is 0 Å². The van der Waals surface area contributed by atoms with E-state index in [1.54, 1.807) is 6.92 Å². The summed E-state index contributed by atoms with van der Waals surface area (Å²) in [5.74, 6) is -0.0755. The Labute approximate surface area is 127 Å². The van der Waals surface area contributed by atoms with Gasteiger partial charge in [-0.2, -0.15) is 18.6 Å². The van der Waals surface area contributed by atoms with Gasteiger partial charge in [0.1, 0.15) is 0 Å². The molecule has 1 aliphatic heterocycles. The minimum absolute atomic E-state index is 0.0755. The van der Waals surface area contributed by atoms with Crippen molar-refractivity contribution < 1.29 is 17.9 Å². The number of benzene rings is 1. The Morgan fingerprint density at radius 1 is 1.15 bits per heavy atom. The molecule has 2 N–H and O–H groups in total. The molecule has 2 rings (SSSR count). The summed E-state index contributed by atoms with van der Waals surface area (Å²) in [7, 11) is 0. The average molecular weight is 348 g/mol. The molecule has 0 saturated carbocycles. The lowest BCUT2D eigenvalue weighted by Crippen LogP contribution is -2.36. The molecular weight excluding hydrogens is 339 g/mol. The zero-order valence-corrected chi connectivity index (χ0v) is 12.2. The lowest BCUT2D eigenvalue weighted by atomic mass is 10.2. The topological polar surface area (TPSA) is 33.3 Å². The summed E-state index contributed by atoms with van der Waals surface area (Å²) >= 11 is 17.5. The fourth-order valence-corrected chi connectivity index (χ4v) is 2.25. The van der Waals surface area contributed by atoms with Gasteiger partial charge in [0, 0.05) is 5.70 Å². The van der Waals surface area contributed by atoms with Crippen LogP contribution in [0.15, 0.2) is 22.9 Å². The van der Waals surface area contributed by atoms with E-state index in [1.807, 2.05) is 0 Å². The van der Waals surface area contributed by atoms with Gasteiger partial charge >= 0.3 is 6.18 Å². The van der Waals surface area contributed by atoms with Crippen molar-refractivity contribution in [3.63, 3.8) is 0 Å². The van der Waals surface area contributed by atoms with Gasteiger partial charge in [-0.1, -0.05) is 34.8 Å². The molecule has 0 aromatic heterocycles. The lowest BCUT2D eigenvalue weighted by Gasteiger charge is -2.17. The maximum absolute atomic E-state index is 12.6. The highest BCUT2D eigenvalue weighted by Crippen LogP contribution is 2.40. The largest absolute Gasteiger partial charge is 0.465 e. The van der Waals surface area contributed by atoms with E-state index in [-0.39, 0.29) is 15.8 Å². The van der Waals surface area contributed by atoms with E-state index in [0.29, 0.717) is 10.7 Å². The normalized spacial score (nSPS) is 19.2. The maximum atomic E-state index is 12.6. The van der Waals surface area contributed by atoms with Crippen molar-refractivity contribution in [3.05, 3.63) is 38.5 Å². The second-order valence-corrected chi connectivity index (χ2v) is 5.23. The van der Waals surface area contributed by atoms with E-state index in [1.165, 1.54) is 0 Å². The fraction of sp³-hybridized carbons (Fsp3) is 0.273. The van der Waals surface area contributed by atoms with Crippen molar-refractivity contribution in [2.45, 2.75) is 19.3 Å². The fourth-order valence-electron chi connectivity index (χ4n) is 1.53. The number of halogens is 6. The van der Waals surface area contributed by atoms with Crippen LogP contribution in [-0.2, 0) is 6.18 Å². The molecule has 0 fully saturated rings. The Hall–Kier alpha value is -0.820. The van der Waals surface area contributed by atoms with Crippen molar-refractivity contribution in [2.24, 2.45) is 0 Å². The van der Waals surface area contributed by atoms with Crippen LogP contribution < -0.4 is 15.6 Å². The summed E-state index contributed by atoms with van der Waals surface area (Å²) in [6.07, 6.45) is -5.31. The number of hydrazine groups is 1. The molecule has 1 aromatic carbocycles. The van der Waals surface area contributed by atoms with Gasteiger partial charge in [0.2, 0.25) is 6.23 Å². The minimum atomic E-state index is -4.53. The first kappa shape index (κ1) is 15.6. The summed E-state index contributed by atoms with van der Waals surface area (Å²) in [5.41, 5.74) is 5.09. The van der Waals surface area contributed by atoms with Gasteiger partial charge in [-0.05, 0) is 19.1 Å². The van der Waals surface area contributed by atoms with Crippen molar-refractivity contribution in [1.29, 1.82) is 0 Å². The predicted molar refractivity (Wildman–Crippen MR) is 70.7 cm³/mol. The summed E-state index contributed by atoms with van der Waals surface area (Å²) in [4.78, 5) is 0. The number of nitrogens with one attached hydrogen (secondary N) is 2. The van der Waals surface area contributed by atoms with Gasteiger partial charge in [0.25, 0.3) is 0 Å². The summed E-state index contributed by atoms with van der Waals surface area (Å²) < 4.78 is 43.2. The molecule has 1 heterocycles. The molecule has 20 heavy (non-hydrogen) atoms. The molecule has 0 bridgehead atoms. The predicted octanol–water partition coefficient (Wildman–Crippen LogP) is 4.30. The number of allylic oxidation sites excluding steroid dienone is 1. The molecule has 0 amide bonds. The van der Waals surface area contributed by atoms with Gasteiger partial charge in [-0.25, -0.2) is 0 Å². The van der Waals surface area contributed by atoms with E-state index >= 15 is 0 Å². The van der Waals surface area contributed by atoms with Crippen molar-refractivity contribution in [3.8, 4) is 5.75 Å². The molecule has 0 radical (unpaired) electrons. The second kappa shape index (κ2) is 5.52. The van der Waals surface area contributed by atoms with Crippen LogP contribution >= 0.6 is 34.8 Å². The molecule has 1 aromatic rings. The molecule has 0 saturated heterocycles. The van der Waals surface area contributed by atoms with Crippen molar-refractivity contribution in [2.75, 3.05) is 0 Å². The Kier molecular flexibility index (Phi) is 4.30. The van der Waals surface area contributed by atoms with Gasteiger partial charge < -0.3 is 10.2 Å². The average Bonchev–Trinajstić information content (AvgIpc) is 2.64. The number of hydrogen-bond donors (Lipinski definition) is 2. The molecule has 1 aliphatic rings. The monoisotopic (exact) mass is 346 g/mol. The minimum Gasteiger partial charge on any atom is -0.465 e. The Bertz CT molecular complexity index is 552. The van der Waals surface area contributed by atoms with E-state index in [2.05, 4.69) is 10.9 Å². The quantitative estimate of drug-likeness (QED) is 0.837. The maximum Gasteiger partial charge on any atom is 0.416 e. The third-order valence-corrected chi connectivity index (χ3v) is 3.58. The number of ether oxygens (including phenoxy) is 1. The molecule has 3 nitrogen and oxygen atoms in total. The number of alkyl halides is 3. The zero-order valence-electron chi connectivity index (χ0n) is 9.91. The molecule has 110 valence electrons. The van der Waals surface area contributed by atoms with Gasteiger partial charge in [-0.15, -0.1) is 0 Å². The van der Waals surface area contributed by atoms with Gasteiger partial charge in [0.15, 0.2) is 5.75 Å². The third kappa shape index (κ3) is 3.09. The van der Waals surface area contributed by atoms with Crippen LogP contribution in [0.1, 0.15) is 12.5 Å². The van der Waals surface area contributed by atoms with Crippen LogP contribution in [0.2, 0.25) is 10.0 Å². The molecule has 0 aliphatic carbocycles. The first-order chi connectivity index (χ1) is 9.20. The smallest absolute Gasteiger partial charge is 0.416 e. The Morgan fingerprint density at radius 2 is 1.70 bits per heavy atom. The van der Waals surface area contributed by atoms with Crippen LogP contribution in [0.25, 0.3) is 0 Å². The van der Waals surface area contributed by atoms with Crippen LogP contribution in [0.4, 0.5) is 13.2 Å². The summed E-state index contributed by atoms with van der Waals surface area (Å²) in [6, 6.07) is 1.49. The van der Waals surface area contributed by atoms with Crippen molar-refractivity contribution >= 4 is 34.8 Å².